The predicted octanol–water partition coefficient (Wildman–Crippen LogP) is 1.58. The van der Waals surface area contributed by atoms with Crippen LogP contribution < -0.4 is 0 Å². The van der Waals surface area contributed by atoms with Gasteiger partial charge in [0.1, 0.15) is 5.83 Å². The Labute approximate surface area is 78.4 Å². The molecule has 0 aromatic rings. The van der Waals surface area contributed by atoms with E-state index in [1.807, 2.05) is 0 Å². The van der Waals surface area contributed by atoms with Crippen LogP contribution in [0, 0.1) is 5.92 Å². The van der Waals surface area contributed by atoms with Gasteiger partial charge >= 0.3 is 0 Å². The van der Waals surface area contributed by atoms with E-state index in [1.54, 1.807) is 6.08 Å². The molecule has 0 bridgehead atoms. The van der Waals surface area contributed by atoms with Gasteiger partial charge in [0, 0.05) is 26.2 Å². The summed E-state index contributed by atoms with van der Waals surface area (Å²) in [5, 5.41) is 0. The van der Waals surface area contributed by atoms with E-state index in [0.29, 0.717) is 12.5 Å². The van der Waals surface area contributed by atoms with Crippen LogP contribution >= 0.6 is 0 Å². The number of halogens is 1. The quantitative estimate of drug-likeness (QED) is 0.647. The summed E-state index contributed by atoms with van der Waals surface area (Å²) < 4.78 is 18.2. The van der Waals surface area contributed by atoms with Crippen LogP contribution in [0.5, 0.6) is 0 Å². The van der Waals surface area contributed by atoms with Crippen molar-refractivity contribution >= 4 is 0 Å². The molecule has 2 aliphatic heterocycles. The van der Waals surface area contributed by atoms with Crippen molar-refractivity contribution < 1.29 is 9.13 Å². The van der Waals surface area contributed by atoms with Crippen LogP contribution in [0.2, 0.25) is 0 Å². The first kappa shape index (κ1) is 9.16. The molecular weight excluding hydrogens is 169 g/mol. The fourth-order valence-corrected chi connectivity index (χ4v) is 2.01. The van der Waals surface area contributed by atoms with Gasteiger partial charge in [-0.1, -0.05) is 6.08 Å². The van der Waals surface area contributed by atoms with Crippen molar-refractivity contribution in [2.45, 2.75) is 12.8 Å². The lowest BCUT2D eigenvalue weighted by Gasteiger charge is -2.26. The molecule has 2 heterocycles. The molecule has 1 fully saturated rings. The minimum atomic E-state index is 0.0326. The van der Waals surface area contributed by atoms with Gasteiger partial charge in [-0.25, -0.2) is 4.39 Å². The van der Waals surface area contributed by atoms with Gasteiger partial charge in [0.05, 0.1) is 6.61 Å². The van der Waals surface area contributed by atoms with E-state index in [1.165, 1.54) is 0 Å². The number of rotatable bonds is 2. The lowest BCUT2D eigenvalue weighted by atomic mass is 10.1. The van der Waals surface area contributed by atoms with Gasteiger partial charge in [-0.15, -0.1) is 0 Å². The minimum Gasteiger partial charge on any atom is -0.381 e. The van der Waals surface area contributed by atoms with Crippen molar-refractivity contribution in [3.05, 3.63) is 11.9 Å². The Bertz CT molecular complexity index is 199. The van der Waals surface area contributed by atoms with E-state index in [2.05, 4.69) is 4.90 Å². The van der Waals surface area contributed by atoms with Crippen LogP contribution in [0.4, 0.5) is 4.39 Å². The summed E-state index contributed by atoms with van der Waals surface area (Å²) in [6.07, 6.45) is 3.70. The molecule has 0 amide bonds. The van der Waals surface area contributed by atoms with E-state index < -0.39 is 0 Å². The van der Waals surface area contributed by atoms with Crippen molar-refractivity contribution in [2.75, 3.05) is 32.8 Å². The van der Waals surface area contributed by atoms with E-state index in [-0.39, 0.29) is 5.83 Å². The third-order valence-electron chi connectivity index (χ3n) is 2.73. The maximum Gasteiger partial charge on any atom is 0.110 e. The summed E-state index contributed by atoms with van der Waals surface area (Å²) in [5.74, 6) is 0.663. The van der Waals surface area contributed by atoms with Crippen molar-refractivity contribution in [1.82, 2.24) is 4.90 Å². The molecular formula is C10H16FNO. The number of hydrogen-bond donors (Lipinski definition) is 0. The van der Waals surface area contributed by atoms with Crippen molar-refractivity contribution in [3.63, 3.8) is 0 Å². The number of nitrogens with zero attached hydrogens (tertiary/aromatic N) is 1. The molecule has 0 aromatic heterocycles. The second-order valence-corrected chi connectivity index (χ2v) is 3.90. The van der Waals surface area contributed by atoms with E-state index in [4.69, 9.17) is 4.74 Å². The Balaban J connectivity index is 1.78. The van der Waals surface area contributed by atoms with Gasteiger partial charge in [0.2, 0.25) is 0 Å². The average Bonchev–Trinajstić information content (AvgIpc) is 2.57. The van der Waals surface area contributed by atoms with Crippen LogP contribution in [0.25, 0.3) is 0 Å². The molecule has 1 saturated heterocycles. The Morgan fingerprint density at radius 1 is 1.62 bits per heavy atom. The summed E-state index contributed by atoms with van der Waals surface area (Å²) in [6, 6.07) is 0. The van der Waals surface area contributed by atoms with Crippen molar-refractivity contribution in [2.24, 2.45) is 5.92 Å². The van der Waals surface area contributed by atoms with Gasteiger partial charge in [-0.3, -0.25) is 4.90 Å². The van der Waals surface area contributed by atoms with Crippen LogP contribution in [0.1, 0.15) is 12.8 Å². The Hall–Kier alpha value is -0.410. The summed E-state index contributed by atoms with van der Waals surface area (Å²) in [7, 11) is 0. The molecule has 74 valence electrons. The normalized spacial score (nSPS) is 30.5. The van der Waals surface area contributed by atoms with Crippen LogP contribution in [0.15, 0.2) is 11.9 Å². The molecule has 0 saturated carbocycles. The topological polar surface area (TPSA) is 12.5 Å². The molecule has 3 heteroatoms. The standard InChI is InChI=1S/C10H16FNO/c11-10-2-1-4-12(7-10)6-9-3-5-13-8-9/h2,9H,1,3-8H2/t9-/m0/s1. The maximum atomic E-state index is 12.9. The van der Waals surface area contributed by atoms with Crippen LogP contribution in [0.3, 0.4) is 0 Å². The third kappa shape index (κ3) is 2.51. The lowest BCUT2D eigenvalue weighted by molar-refractivity contribution is 0.166. The highest BCUT2D eigenvalue weighted by molar-refractivity contribution is 4.99. The fraction of sp³-hybridized carbons (Fsp3) is 0.800. The molecule has 0 spiro atoms. The van der Waals surface area contributed by atoms with Gasteiger partial charge in [-0.2, -0.15) is 0 Å². The van der Waals surface area contributed by atoms with Crippen LogP contribution in [-0.4, -0.2) is 37.7 Å². The minimum absolute atomic E-state index is 0.0326. The highest BCUT2D eigenvalue weighted by atomic mass is 19.1. The smallest absolute Gasteiger partial charge is 0.110 e. The maximum absolute atomic E-state index is 12.9. The second kappa shape index (κ2) is 4.20. The molecule has 2 rings (SSSR count). The zero-order chi connectivity index (χ0) is 9.10. The van der Waals surface area contributed by atoms with Crippen LogP contribution in [-0.2, 0) is 4.74 Å². The Kier molecular flexibility index (Phi) is 2.96. The second-order valence-electron chi connectivity index (χ2n) is 3.90. The molecule has 0 aromatic carbocycles. The van der Waals surface area contributed by atoms with E-state index in [9.17, 15) is 4.39 Å². The molecule has 2 nitrogen and oxygen atoms in total. The molecule has 0 unspecified atom stereocenters. The largest absolute Gasteiger partial charge is 0.381 e. The summed E-state index contributed by atoms with van der Waals surface area (Å²) in [4.78, 5) is 2.19. The zero-order valence-electron chi connectivity index (χ0n) is 7.84. The first-order chi connectivity index (χ1) is 6.34. The Morgan fingerprint density at radius 3 is 3.23 bits per heavy atom. The summed E-state index contributed by atoms with van der Waals surface area (Å²) in [6.45, 7) is 4.26. The molecule has 0 aliphatic carbocycles. The van der Waals surface area contributed by atoms with Gasteiger partial charge in [0.15, 0.2) is 0 Å². The SMILES string of the molecule is FC1=CCCN(C[C@@H]2CCOC2)C1. The predicted molar refractivity (Wildman–Crippen MR) is 49.2 cm³/mol. The first-order valence-corrected chi connectivity index (χ1v) is 4.99. The Morgan fingerprint density at radius 2 is 2.54 bits per heavy atom. The highest BCUT2D eigenvalue weighted by Gasteiger charge is 2.20. The molecule has 0 radical (unpaired) electrons. The summed E-state index contributed by atoms with van der Waals surface area (Å²) in [5.41, 5.74) is 0. The van der Waals surface area contributed by atoms with Gasteiger partial charge in [-0.05, 0) is 18.8 Å². The average molecular weight is 185 g/mol. The molecule has 13 heavy (non-hydrogen) atoms. The molecule has 1 atom stereocenters. The number of ether oxygens (including phenoxy) is 1. The number of hydrogen-bond acceptors (Lipinski definition) is 2. The zero-order valence-corrected chi connectivity index (χ0v) is 7.84. The third-order valence-corrected chi connectivity index (χ3v) is 2.73. The van der Waals surface area contributed by atoms with Crippen molar-refractivity contribution in [3.8, 4) is 0 Å². The van der Waals surface area contributed by atoms with Gasteiger partial charge in [0.25, 0.3) is 0 Å². The fourth-order valence-electron chi connectivity index (χ4n) is 2.01. The van der Waals surface area contributed by atoms with Crippen molar-refractivity contribution in [1.29, 1.82) is 0 Å². The van der Waals surface area contributed by atoms with E-state index >= 15 is 0 Å². The van der Waals surface area contributed by atoms with E-state index in [0.717, 1.165) is 39.1 Å². The molecule has 0 N–H and O–H groups in total. The highest BCUT2D eigenvalue weighted by Crippen LogP contribution is 2.17. The summed E-state index contributed by atoms with van der Waals surface area (Å²) >= 11 is 0. The van der Waals surface area contributed by atoms with Gasteiger partial charge < -0.3 is 4.74 Å². The monoisotopic (exact) mass is 185 g/mol. The first-order valence-electron chi connectivity index (χ1n) is 4.99. The lowest BCUT2D eigenvalue weighted by Crippen LogP contribution is -2.33. The molecule has 2 aliphatic rings.